The normalized spacial score (nSPS) is 16.4. The van der Waals surface area contributed by atoms with Crippen molar-refractivity contribution in [1.82, 2.24) is 24.8 Å². The summed E-state index contributed by atoms with van der Waals surface area (Å²) in [6.45, 7) is 6.53. The molecule has 38 heavy (non-hydrogen) atoms. The molecule has 4 heterocycles. The molecule has 2 aromatic carbocycles. The van der Waals surface area contributed by atoms with Crippen LogP contribution >= 0.6 is 0 Å². The number of likely N-dealkylation sites (N-methyl/N-ethyl adjacent to an activating group) is 1. The van der Waals surface area contributed by atoms with Crippen LogP contribution in [0.2, 0.25) is 0 Å². The Morgan fingerprint density at radius 3 is 2.84 bits per heavy atom. The van der Waals surface area contributed by atoms with Crippen molar-refractivity contribution in [2.45, 2.75) is 18.4 Å². The Hall–Kier alpha value is -4.44. The highest BCUT2D eigenvalue weighted by Crippen LogP contribution is 2.45. The van der Waals surface area contributed by atoms with Crippen molar-refractivity contribution in [1.29, 1.82) is 0 Å². The topological polar surface area (TPSA) is 111 Å². The lowest BCUT2D eigenvalue weighted by Crippen LogP contribution is -2.67. The van der Waals surface area contributed by atoms with Gasteiger partial charge in [-0.3, -0.25) is 9.69 Å². The Morgan fingerprint density at radius 2 is 2.08 bits per heavy atom. The van der Waals surface area contributed by atoms with Crippen molar-refractivity contribution >= 4 is 39.8 Å². The fourth-order valence-corrected chi connectivity index (χ4v) is 5.57. The molecule has 1 amide bonds. The van der Waals surface area contributed by atoms with Gasteiger partial charge in [0.15, 0.2) is 5.82 Å². The van der Waals surface area contributed by atoms with E-state index < -0.39 is 0 Å². The van der Waals surface area contributed by atoms with Gasteiger partial charge in [-0.15, -0.1) is 0 Å². The number of nitrogens with one attached hydrogen (secondary N) is 3. The third-order valence-electron chi connectivity index (χ3n) is 7.66. The zero-order valence-corrected chi connectivity index (χ0v) is 21.5. The molecule has 2 fully saturated rings. The van der Waals surface area contributed by atoms with Gasteiger partial charge in [-0.05, 0) is 50.7 Å². The molecule has 0 unspecified atom stereocenters. The van der Waals surface area contributed by atoms with Crippen LogP contribution in [0.1, 0.15) is 12.8 Å². The second kappa shape index (κ2) is 9.46. The van der Waals surface area contributed by atoms with E-state index in [9.17, 15) is 4.79 Å². The second-order valence-corrected chi connectivity index (χ2v) is 9.87. The van der Waals surface area contributed by atoms with E-state index in [0.717, 1.165) is 41.8 Å². The Morgan fingerprint density at radius 1 is 1.21 bits per heavy atom. The first kappa shape index (κ1) is 23.9. The van der Waals surface area contributed by atoms with Gasteiger partial charge in [-0.25, -0.2) is 9.97 Å². The molecule has 194 valence electrons. The van der Waals surface area contributed by atoms with Crippen molar-refractivity contribution in [3.8, 4) is 17.1 Å². The number of amides is 1. The average molecular weight is 511 g/mol. The number of aromatic amines is 1. The predicted octanol–water partition coefficient (Wildman–Crippen LogP) is 4.18. The van der Waals surface area contributed by atoms with E-state index >= 15 is 0 Å². The van der Waals surface area contributed by atoms with Gasteiger partial charge >= 0.3 is 0 Å². The molecule has 0 radical (unpaired) electrons. The minimum Gasteiger partial charge on any atom is -0.494 e. The molecule has 2 aliphatic heterocycles. The number of hydrogen-bond donors (Lipinski definition) is 3. The molecule has 6 rings (SSSR count). The average Bonchev–Trinajstić information content (AvgIpc) is 3.55. The van der Waals surface area contributed by atoms with Gasteiger partial charge in [0, 0.05) is 36.3 Å². The van der Waals surface area contributed by atoms with Crippen LogP contribution < -0.4 is 20.3 Å². The second-order valence-electron chi connectivity index (χ2n) is 9.87. The summed E-state index contributed by atoms with van der Waals surface area (Å²) < 4.78 is 5.75. The molecular weight excluding hydrogens is 480 g/mol. The number of benzene rings is 2. The highest BCUT2D eigenvalue weighted by atomic mass is 16.5. The molecule has 1 spiro atoms. The summed E-state index contributed by atoms with van der Waals surface area (Å²) in [6, 6.07) is 11.8. The van der Waals surface area contributed by atoms with E-state index in [2.05, 4.69) is 54.0 Å². The van der Waals surface area contributed by atoms with Gasteiger partial charge in [-0.2, -0.15) is 4.98 Å². The molecule has 0 saturated carbocycles. The van der Waals surface area contributed by atoms with Gasteiger partial charge in [-0.1, -0.05) is 18.7 Å². The van der Waals surface area contributed by atoms with Crippen LogP contribution in [-0.2, 0) is 4.79 Å². The lowest BCUT2D eigenvalue weighted by molar-refractivity contribution is -0.111. The van der Waals surface area contributed by atoms with Crippen molar-refractivity contribution < 1.29 is 9.53 Å². The van der Waals surface area contributed by atoms with E-state index in [4.69, 9.17) is 4.74 Å². The number of aromatic nitrogens is 4. The number of para-hydroxylation sites is 1. The molecule has 0 atom stereocenters. The molecule has 0 aliphatic carbocycles. The molecule has 2 aromatic heterocycles. The highest BCUT2D eigenvalue weighted by Gasteiger charge is 2.49. The van der Waals surface area contributed by atoms with Crippen molar-refractivity contribution in [2.75, 3.05) is 49.3 Å². The van der Waals surface area contributed by atoms with Crippen LogP contribution in [0.15, 0.2) is 61.6 Å². The zero-order valence-electron chi connectivity index (χ0n) is 21.5. The number of rotatable bonds is 7. The minimum atomic E-state index is -0.280. The maximum atomic E-state index is 12.3. The molecule has 10 nitrogen and oxygen atoms in total. The lowest BCUT2D eigenvalue weighted by Gasteiger charge is -2.53. The van der Waals surface area contributed by atoms with Gasteiger partial charge in [0.05, 0.1) is 35.2 Å². The summed E-state index contributed by atoms with van der Waals surface area (Å²) in [5.74, 6) is 1.24. The van der Waals surface area contributed by atoms with Crippen LogP contribution in [0.3, 0.4) is 0 Å². The number of hydrogen-bond acceptors (Lipinski definition) is 8. The molecule has 0 bridgehead atoms. The summed E-state index contributed by atoms with van der Waals surface area (Å²) in [4.78, 5) is 33.7. The van der Waals surface area contributed by atoms with Gasteiger partial charge in [0.2, 0.25) is 11.9 Å². The van der Waals surface area contributed by atoms with Crippen LogP contribution in [0.5, 0.6) is 5.75 Å². The summed E-state index contributed by atoms with van der Waals surface area (Å²) in [7, 11) is 3.82. The summed E-state index contributed by atoms with van der Waals surface area (Å²) >= 11 is 0. The Labute approximate surface area is 220 Å². The van der Waals surface area contributed by atoms with Gasteiger partial charge < -0.3 is 25.3 Å². The summed E-state index contributed by atoms with van der Waals surface area (Å²) in [5, 5.41) is 7.31. The fraction of sp³-hybridized carbons (Fsp3) is 0.286. The quantitative estimate of drug-likeness (QED) is 0.318. The van der Waals surface area contributed by atoms with E-state index in [1.54, 1.807) is 7.11 Å². The first-order valence-corrected chi connectivity index (χ1v) is 12.6. The van der Waals surface area contributed by atoms with Crippen LogP contribution in [0, 0.1) is 0 Å². The monoisotopic (exact) mass is 510 g/mol. The number of carbonyl (C=O) groups excluding carboxylic acids is 1. The summed E-state index contributed by atoms with van der Waals surface area (Å²) in [6.07, 6.45) is 7.03. The number of anilines is 4. The Bertz CT molecular complexity index is 1520. The Balaban J connectivity index is 1.33. The van der Waals surface area contributed by atoms with Crippen LogP contribution in [-0.4, -0.2) is 70.1 Å². The number of carbonyl (C=O) groups is 1. The van der Waals surface area contributed by atoms with Crippen LogP contribution in [0.25, 0.3) is 22.3 Å². The van der Waals surface area contributed by atoms with E-state index in [0.29, 0.717) is 28.9 Å². The maximum Gasteiger partial charge on any atom is 0.247 e. The van der Waals surface area contributed by atoms with Crippen molar-refractivity contribution in [3.63, 3.8) is 0 Å². The maximum absolute atomic E-state index is 12.3. The summed E-state index contributed by atoms with van der Waals surface area (Å²) in [5.41, 5.74) is 4.23. The zero-order chi connectivity index (χ0) is 26.3. The third kappa shape index (κ3) is 4.12. The standard InChI is InChI=1S/C28H30N8O2/c1-4-24(37)32-20-13-21(23(38-3)14-22(20)36-15-28(16-36)10-6-12-35(28)2)33-27-31-17-30-26(34-27)19-8-5-7-18-9-11-29-25(18)19/h4-5,7-9,11,13-14,17,29H,1,6,10,12,15-16H2,2-3H3,(H,32,37)(H,30,31,33,34). The van der Waals surface area contributed by atoms with E-state index in [1.165, 1.54) is 25.2 Å². The molecular formula is C28H30N8O2. The molecule has 2 saturated heterocycles. The Kier molecular flexibility index (Phi) is 5.96. The third-order valence-corrected chi connectivity index (χ3v) is 7.66. The number of methoxy groups -OCH3 is 1. The molecule has 3 N–H and O–H groups in total. The van der Waals surface area contributed by atoms with Crippen molar-refractivity contribution in [3.05, 3.63) is 61.6 Å². The largest absolute Gasteiger partial charge is 0.494 e. The lowest BCUT2D eigenvalue weighted by atomic mass is 9.86. The molecule has 2 aliphatic rings. The SMILES string of the molecule is C=CC(=O)Nc1cc(Nc2ncnc(-c3cccc4cc[nH]c34)n2)c(OC)cc1N1CC2(CCCN2C)C1. The first-order valence-electron chi connectivity index (χ1n) is 12.6. The van der Waals surface area contributed by atoms with E-state index in [1.807, 2.05) is 42.6 Å². The number of H-pyrrole nitrogens is 1. The van der Waals surface area contributed by atoms with Gasteiger partial charge in [0.1, 0.15) is 12.1 Å². The fourth-order valence-electron chi connectivity index (χ4n) is 5.57. The number of nitrogens with zero attached hydrogens (tertiary/aromatic N) is 5. The first-order chi connectivity index (χ1) is 18.5. The predicted molar refractivity (Wildman–Crippen MR) is 149 cm³/mol. The number of ether oxygens (including phenoxy) is 1. The number of fused-ring (bicyclic) bond motifs is 1. The highest BCUT2D eigenvalue weighted by molar-refractivity contribution is 6.02. The van der Waals surface area contributed by atoms with Crippen molar-refractivity contribution in [2.24, 2.45) is 0 Å². The molecule has 4 aromatic rings. The number of likely N-dealkylation sites (tertiary alicyclic amines) is 1. The minimum absolute atomic E-state index is 0.202. The smallest absolute Gasteiger partial charge is 0.247 e. The van der Waals surface area contributed by atoms with Gasteiger partial charge in [0.25, 0.3) is 0 Å². The molecule has 10 heteroatoms. The van der Waals surface area contributed by atoms with Crippen LogP contribution in [0.4, 0.5) is 23.0 Å². The van der Waals surface area contributed by atoms with E-state index in [-0.39, 0.29) is 11.4 Å².